The quantitative estimate of drug-likeness (QED) is 0.667. The van der Waals surface area contributed by atoms with Gasteiger partial charge in [-0.05, 0) is 50.3 Å². The Morgan fingerprint density at radius 2 is 1.88 bits per heavy atom. The van der Waals surface area contributed by atoms with Crippen molar-refractivity contribution in [1.29, 1.82) is 0 Å². The zero-order chi connectivity index (χ0) is 22.3. The van der Waals surface area contributed by atoms with E-state index in [9.17, 15) is 9.59 Å². The monoisotopic (exact) mass is 454 g/mol. The van der Waals surface area contributed by atoms with Crippen LogP contribution in [0.5, 0.6) is 0 Å². The lowest BCUT2D eigenvalue weighted by Crippen LogP contribution is -2.64. The minimum absolute atomic E-state index is 0.0982. The lowest BCUT2D eigenvalue weighted by atomic mass is 9.93. The fraction of sp³-hybridized carbons (Fsp3) is 0.560. The number of hydrogen-bond acceptors (Lipinski definition) is 3. The van der Waals surface area contributed by atoms with Crippen LogP contribution in [0.25, 0.3) is 0 Å². The van der Waals surface area contributed by atoms with Crippen LogP contribution in [0.3, 0.4) is 0 Å². The van der Waals surface area contributed by atoms with Gasteiger partial charge in [-0.1, -0.05) is 55.5 Å². The largest absolute Gasteiger partial charge is 0.351 e. The van der Waals surface area contributed by atoms with Gasteiger partial charge in [0.15, 0.2) is 0 Å². The normalized spacial score (nSPS) is 24.2. The predicted molar refractivity (Wildman–Crippen MR) is 124 cm³/mol. The Balaban J connectivity index is 1.48. The second-order valence-corrected chi connectivity index (χ2v) is 10.2. The second kappa shape index (κ2) is 8.54. The number of carbonyl (C=O) groups excluding carboxylic acids is 2. The molecule has 1 aromatic heterocycles. The molecule has 7 heteroatoms. The molecule has 2 aliphatic carbocycles. The van der Waals surface area contributed by atoms with Crippen molar-refractivity contribution in [3.63, 3.8) is 0 Å². The third-order valence-electron chi connectivity index (χ3n) is 7.28. The molecule has 32 heavy (non-hydrogen) atoms. The zero-order valence-corrected chi connectivity index (χ0v) is 19.4. The van der Waals surface area contributed by atoms with Crippen LogP contribution in [0.4, 0.5) is 0 Å². The first-order valence-corrected chi connectivity index (χ1v) is 12.3. The molecule has 1 N–H and O–H groups in total. The van der Waals surface area contributed by atoms with Crippen molar-refractivity contribution < 1.29 is 9.59 Å². The summed E-state index contributed by atoms with van der Waals surface area (Å²) in [5, 5.41) is 8.61. The fourth-order valence-electron chi connectivity index (χ4n) is 5.05. The van der Waals surface area contributed by atoms with E-state index in [1.54, 1.807) is 9.58 Å². The number of amides is 2. The molecule has 170 valence electrons. The van der Waals surface area contributed by atoms with Gasteiger partial charge in [-0.2, -0.15) is 5.10 Å². The maximum absolute atomic E-state index is 13.7. The van der Waals surface area contributed by atoms with Gasteiger partial charge < -0.3 is 10.2 Å². The molecule has 2 saturated carbocycles. The lowest BCUT2D eigenvalue weighted by molar-refractivity contribution is -0.134. The number of halogens is 1. The summed E-state index contributed by atoms with van der Waals surface area (Å²) in [6, 6.07) is 9.61. The Hall–Kier alpha value is -2.34. The van der Waals surface area contributed by atoms with Crippen molar-refractivity contribution in [2.75, 3.05) is 0 Å². The smallest absolute Gasteiger partial charge is 0.273 e. The van der Waals surface area contributed by atoms with Crippen LogP contribution in [0.1, 0.15) is 86.0 Å². The Morgan fingerprint density at radius 1 is 1.16 bits per heavy atom. The second-order valence-electron chi connectivity index (χ2n) is 9.80. The number of nitrogens with one attached hydrogen (secondary N) is 1. The van der Waals surface area contributed by atoms with Gasteiger partial charge in [-0.15, -0.1) is 0 Å². The van der Waals surface area contributed by atoms with Gasteiger partial charge in [0.25, 0.3) is 5.91 Å². The maximum Gasteiger partial charge on any atom is 0.273 e. The predicted octanol–water partition coefficient (Wildman–Crippen LogP) is 4.67. The highest BCUT2D eigenvalue weighted by Crippen LogP contribution is 2.41. The van der Waals surface area contributed by atoms with Crippen LogP contribution >= 0.6 is 11.6 Å². The maximum atomic E-state index is 13.7. The lowest BCUT2D eigenvalue weighted by Gasteiger charge is -2.44. The van der Waals surface area contributed by atoms with Gasteiger partial charge >= 0.3 is 0 Å². The molecule has 5 rings (SSSR count). The van der Waals surface area contributed by atoms with E-state index in [2.05, 4.69) is 5.32 Å². The number of rotatable bonds is 5. The molecule has 1 aliphatic heterocycles. The fourth-order valence-corrected chi connectivity index (χ4v) is 5.25. The summed E-state index contributed by atoms with van der Waals surface area (Å²) in [4.78, 5) is 29.1. The average Bonchev–Trinajstić information content (AvgIpc) is 3.58. The van der Waals surface area contributed by atoms with Crippen molar-refractivity contribution in [2.24, 2.45) is 0 Å². The summed E-state index contributed by atoms with van der Waals surface area (Å²) in [7, 11) is 0. The van der Waals surface area contributed by atoms with E-state index in [-0.39, 0.29) is 24.4 Å². The van der Waals surface area contributed by atoms with E-state index < -0.39 is 5.54 Å². The summed E-state index contributed by atoms with van der Waals surface area (Å²) >= 11 is 6.44. The number of fused-ring (bicyclic) bond motifs is 1. The average molecular weight is 455 g/mol. The molecule has 0 radical (unpaired) electrons. The third kappa shape index (κ3) is 4.05. The summed E-state index contributed by atoms with van der Waals surface area (Å²) in [5.74, 6) is 0.192. The van der Waals surface area contributed by atoms with Crippen LogP contribution in [0.15, 0.2) is 30.3 Å². The summed E-state index contributed by atoms with van der Waals surface area (Å²) in [6.07, 6.45) is 8.96. The van der Waals surface area contributed by atoms with E-state index in [1.807, 2.05) is 37.3 Å². The summed E-state index contributed by atoms with van der Waals surface area (Å²) < 4.78 is 1.76. The SMILES string of the molecule is C[C@]1(C(=O)NC2CCCCCC2)Cn2nc(C3CC3)cc2C(=O)N1Cc1ccccc1Cl. The Labute approximate surface area is 194 Å². The number of nitrogens with zero attached hydrogens (tertiary/aromatic N) is 3. The first-order chi connectivity index (χ1) is 15.5. The zero-order valence-electron chi connectivity index (χ0n) is 18.6. The molecule has 2 amide bonds. The number of aromatic nitrogens is 2. The standard InChI is InChI=1S/C25H31ClN4O2/c1-25(24(32)27-19-9-4-2-3-5-10-19)16-30-22(14-21(28-30)17-12-13-17)23(31)29(25)15-18-8-6-7-11-20(18)26/h6-8,11,14,17,19H,2-5,9-10,12-13,15-16H2,1H3,(H,27,32)/t25-/m1/s1. The molecule has 2 aromatic rings. The van der Waals surface area contributed by atoms with E-state index >= 15 is 0 Å². The van der Waals surface area contributed by atoms with Gasteiger partial charge in [-0.3, -0.25) is 14.3 Å². The molecule has 2 fully saturated rings. The minimum Gasteiger partial charge on any atom is -0.351 e. The van der Waals surface area contributed by atoms with Crippen LogP contribution in [-0.2, 0) is 17.9 Å². The number of carbonyl (C=O) groups is 2. The van der Waals surface area contributed by atoms with E-state index in [0.717, 1.165) is 49.8 Å². The molecule has 0 unspecified atom stereocenters. The first kappa shape index (κ1) is 21.5. The molecular weight excluding hydrogens is 424 g/mol. The van der Waals surface area contributed by atoms with Gasteiger partial charge in [-0.25, -0.2) is 0 Å². The van der Waals surface area contributed by atoms with Gasteiger partial charge in [0.2, 0.25) is 5.91 Å². The van der Waals surface area contributed by atoms with Crippen molar-refractivity contribution in [1.82, 2.24) is 20.0 Å². The highest BCUT2D eigenvalue weighted by Gasteiger charge is 2.49. The van der Waals surface area contributed by atoms with E-state index in [4.69, 9.17) is 16.7 Å². The summed E-state index contributed by atoms with van der Waals surface area (Å²) in [5.41, 5.74) is 1.34. The molecule has 1 atom stereocenters. The number of hydrogen-bond donors (Lipinski definition) is 1. The molecule has 1 aromatic carbocycles. The Kier molecular flexibility index (Phi) is 5.74. The van der Waals surface area contributed by atoms with E-state index in [1.165, 1.54) is 12.8 Å². The minimum atomic E-state index is -1.04. The van der Waals surface area contributed by atoms with Gasteiger partial charge in [0.05, 0.1) is 12.2 Å². The van der Waals surface area contributed by atoms with Gasteiger partial charge in [0, 0.05) is 23.5 Å². The Morgan fingerprint density at radius 3 is 2.56 bits per heavy atom. The molecular formula is C25H31ClN4O2. The molecule has 2 heterocycles. The van der Waals surface area contributed by atoms with Crippen LogP contribution in [0, 0.1) is 0 Å². The molecule has 0 spiro atoms. The molecule has 3 aliphatic rings. The molecule has 0 bridgehead atoms. The van der Waals surface area contributed by atoms with Crippen LogP contribution in [-0.4, -0.2) is 38.1 Å². The Bertz CT molecular complexity index is 1020. The van der Waals surface area contributed by atoms with Crippen LogP contribution in [0.2, 0.25) is 5.02 Å². The van der Waals surface area contributed by atoms with Crippen molar-refractivity contribution >= 4 is 23.4 Å². The van der Waals surface area contributed by atoms with Crippen LogP contribution < -0.4 is 5.32 Å². The van der Waals surface area contributed by atoms with Crippen molar-refractivity contribution in [3.8, 4) is 0 Å². The number of benzene rings is 1. The van der Waals surface area contributed by atoms with Crippen molar-refractivity contribution in [3.05, 3.63) is 52.3 Å². The molecule has 6 nitrogen and oxygen atoms in total. The first-order valence-electron chi connectivity index (χ1n) is 11.9. The third-order valence-corrected chi connectivity index (χ3v) is 7.65. The molecule has 0 saturated heterocycles. The topological polar surface area (TPSA) is 67.2 Å². The highest BCUT2D eigenvalue weighted by atomic mass is 35.5. The summed E-state index contributed by atoms with van der Waals surface area (Å²) in [6.45, 7) is 2.51. The van der Waals surface area contributed by atoms with E-state index in [0.29, 0.717) is 23.2 Å². The highest BCUT2D eigenvalue weighted by molar-refractivity contribution is 6.31. The van der Waals surface area contributed by atoms with Gasteiger partial charge in [0.1, 0.15) is 11.2 Å². The van der Waals surface area contributed by atoms with Crippen molar-refractivity contribution in [2.45, 2.75) is 88.9 Å².